The fourth-order valence-corrected chi connectivity index (χ4v) is 2.90. The summed E-state index contributed by atoms with van der Waals surface area (Å²) in [5.74, 6) is 0.152. The SMILES string of the molecule is CC[C@H](C)NC(=O)[C@H](C)N1CCN(c2ccccc2C)CC1. The molecule has 22 heavy (non-hydrogen) atoms. The van der Waals surface area contributed by atoms with E-state index in [0.29, 0.717) is 0 Å². The van der Waals surface area contributed by atoms with Gasteiger partial charge >= 0.3 is 0 Å². The van der Waals surface area contributed by atoms with E-state index >= 15 is 0 Å². The van der Waals surface area contributed by atoms with Crippen molar-refractivity contribution in [1.29, 1.82) is 0 Å². The number of nitrogens with zero attached hydrogens (tertiary/aromatic N) is 2. The van der Waals surface area contributed by atoms with Crippen molar-refractivity contribution in [2.75, 3.05) is 31.1 Å². The van der Waals surface area contributed by atoms with Crippen molar-refractivity contribution < 1.29 is 4.79 Å². The van der Waals surface area contributed by atoms with Crippen molar-refractivity contribution in [3.05, 3.63) is 29.8 Å². The van der Waals surface area contributed by atoms with Crippen molar-refractivity contribution in [3.63, 3.8) is 0 Å². The van der Waals surface area contributed by atoms with E-state index < -0.39 is 0 Å². The Bertz CT molecular complexity index is 495. The van der Waals surface area contributed by atoms with Crippen LogP contribution in [0, 0.1) is 6.92 Å². The standard InChI is InChI=1S/C18H29N3O/c1-5-15(3)19-18(22)16(4)20-10-12-21(13-11-20)17-9-7-6-8-14(17)2/h6-9,15-16H,5,10-13H2,1-4H3,(H,19,22)/t15-,16-/m0/s1. The van der Waals surface area contributed by atoms with Gasteiger partial charge in [0, 0.05) is 37.9 Å². The van der Waals surface area contributed by atoms with Gasteiger partial charge in [-0.05, 0) is 38.8 Å². The predicted molar refractivity (Wildman–Crippen MR) is 92.3 cm³/mol. The summed E-state index contributed by atoms with van der Waals surface area (Å²) in [6, 6.07) is 8.72. The van der Waals surface area contributed by atoms with Crippen LogP contribution in [0.25, 0.3) is 0 Å². The van der Waals surface area contributed by atoms with Gasteiger partial charge in [0.25, 0.3) is 0 Å². The minimum Gasteiger partial charge on any atom is -0.369 e. The molecule has 0 bridgehead atoms. The number of nitrogens with one attached hydrogen (secondary N) is 1. The molecule has 1 heterocycles. The van der Waals surface area contributed by atoms with Gasteiger partial charge in [0.05, 0.1) is 6.04 Å². The summed E-state index contributed by atoms with van der Waals surface area (Å²) in [7, 11) is 0. The molecular formula is C18H29N3O. The predicted octanol–water partition coefficient (Wildman–Crippen LogP) is 2.42. The molecule has 0 radical (unpaired) electrons. The first kappa shape index (κ1) is 16.8. The normalized spacial score (nSPS) is 18.8. The number of aryl methyl sites for hydroxylation is 1. The molecule has 1 fully saturated rings. The Hall–Kier alpha value is -1.55. The van der Waals surface area contributed by atoms with Crippen molar-refractivity contribution in [2.45, 2.75) is 46.2 Å². The maximum atomic E-state index is 12.3. The molecule has 0 saturated carbocycles. The highest BCUT2D eigenvalue weighted by molar-refractivity contribution is 5.81. The number of anilines is 1. The van der Waals surface area contributed by atoms with E-state index in [0.717, 1.165) is 32.6 Å². The Kier molecular flexibility index (Phi) is 5.83. The number of piperazine rings is 1. The van der Waals surface area contributed by atoms with E-state index in [9.17, 15) is 4.79 Å². The van der Waals surface area contributed by atoms with Crippen molar-refractivity contribution in [1.82, 2.24) is 10.2 Å². The van der Waals surface area contributed by atoms with Gasteiger partial charge in [-0.25, -0.2) is 0 Å². The van der Waals surface area contributed by atoms with Crippen molar-refractivity contribution >= 4 is 11.6 Å². The Balaban J connectivity index is 1.89. The van der Waals surface area contributed by atoms with Gasteiger partial charge in [-0.15, -0.1) is 0 Å². The maximum Gasteiger partial charge on any atom is 0.237 e. The molecule has 1 aromatic carbocycles. The van der Waals surface area contributed by atoms with Gasteiger partial charge in [-0.1, -0.05) is 25.1 Å². The van der Waals surface area contributed by atoms with E-state index in [1.807, 2.05) is 6.92 Å². The molecule has 1 amide bonds. The van der Waals surface area contributed by atoms with Crippen LogP contribution in [0.4, 0.5) is 5.69 Å². The Morgan fingerprint density at radius 1 is 1.18 bits per heavy atom. The van der Waals surface area contributed by atoms with Gasteiger partial charge in [-0.3, -0.25) is 9.69 Å². The molecule has 0 unspecified atom stereocenters. The lowest BCUT2D eigenvalue weighted by atomic mass is 10.1. The summed E-state index contributed by atoms with van der Waals surface area (Å²) in [5.41, 5.74) is 2.64. The number of para-hydroxylation sites is 1. The van der Waals surface area contributed by atoms with Crippen molar-refractivity contribution in [2.24, 2.45) is 0 Å². The molecule has 0 aromatic heterocycles. The molecule has 1 aromatic rings. The lowest BCUT2D eigenvalue weighted by Crippen LogP contribution is -2.54. The summed E-state index contributed by atoms with van der Waals surface area (Å²) in [6.45, 7) is 12.1. The number of benzene rings is 1. The summed E-state index contributed by atoms with van der Waals surface area (Å²) in [5, 5.41) is 3.08. The van der Waals surface area contributed by atoms with E-state index in [1.54, 1.807) is 0 Å². The van der Waals surface area contributed by atoms with Crippen LogP contribution in [0.2, 0.25) is 0 Å². The molecule has 122 valence electrons. The summed E-state index contributed by atoms with van der Waals surface area (Å²) in [4.78, 5) is 17.0. The average molecular weight is 303 g/mol. The lowest BCUT2D eigenvalue weighted by molar-refractivity contribution is -0.126. The zero-order valence-electron chi connectivity index (χ0n) is 14.3. The van der Waals surface area contributed by atoms with Crippen LogP contribution in [0.1, 0.15) is 32.8 Å². The van der Waals surface area contributed by atoms with Crippen molar-refractivity contribution in [3.8, 4) is 0 Å². The van der Waals surface area contributed by atoms with Gasteiger partial charge in [0.15, 0.2) is 0 Å². The molecule has 1 aliphatic heterocycles. The Labute approximate surface area is 134 Å². The molecule has 1 aliphatic rings. The fraction of sp³-hybridized carbons (Fsp3) is 0.611. The van der Waals surface area contributed by atoms with E-state index in [4.69, 9.17) is 0 Å². The second kappa shape index (κ2) is 7.63. The highest BCUT2D eigenvalue weighted by Crippen LogP contribution is 2.21. The first-order valence-corrected chi connectivity index (χ1v) is 8.38. The van der Waals surface area contributed by atoms with Gasteiger partial charge in [-0.2, -0.15) is 0 Å². The van der Waals surface area contributed by atoms with Crippen LogP contribution in [-0.2, 0) is 4.79 Å². The number of rotatable bonds is 5. The van der Waals surface area contributed by atoms with Gasteiger partial charge < -0.3 is 10.2 Å². The van der Waals surface area contributed by atoms with Gasteiger partial charge in [0.1, 0.15) is 0 Å². The van der Waals surface area contributed by atoms with E-state index in [-0.39, 0.29) is 18.0 Å². The smallest absolute Gasteiger partial charge is 0.237 e. The van der Waals surface area contributed by atoms with E-state index in [1.165, 1.54) is 11.3 Å². The zero-order chi connectivity index (χ0) is 16.1. The van der Waals surface area contributed by atoms with Crippen LogP contribution in [-0.4, -0.2) is 49.1 Å². The summed E-state index contributed by atoms with van der Waals surface area (Å²) < 4.78 is 0. The monoisotopic (exact) mass is 303 g/mol. The molecule has 1 N–H and O–H groups in total. The third kappa shape index (κ3) is 4.01. The highest BCUT2D eigenvalue weighted by Gasteiger charge is 2.26. The number of carbonyl (C=O) groups is 1. The zero-order valence-corrected chi connectivity index (χ0v) is 14.3. The molecule has 2 atom stereocenters. The fourth-order valence-electron chi connectivity index (χ4n) is 2.90. The second-order valence-corrected chi connectivity index (χ2v) is 6.30. The molecule has 0 aliphatic carbocycles. The van der Waals surface area contributed by atoms with Crippen LogP contribution in [0.3, 0.4) is 0 Å². The van der Waals surface area contributed by atoms with Crippen LogP contribution in [0.15, 0.2) is 24.3 Å². The molecule has 0 spiro atoms. The number of carbonyl (C=O) groups excluding carboxylic acids is 1. The molecule has 1 saturated heterocycles. The quantitative estimate of drug-likeness (QED) is 0.907. The molecule has 2 rings (SSSR count). The summed E-state index contributed by atoms with van der Waals surface area (Å²) in [6.07, 6.45) is 0.972. The molecular weight excluding hydrogens is 274 g/mol. The number of amides is 1. The second-order valence-electron chi connectivity index (χ2n) is 6.30. The number of hydrogen-bond donors (Lipinski definition) is 1. The average Bonchev–Trinajstić information content (AvgIpc) is 2.54. The largest absolute Gasteiger partial charge is 0.369 e. The van der Waals surface area contributed by atoms with E-state index in [2.05, 4.69) is 60.2 Å². The maximum absolute atomic E-state index is 12.3. The minimum absolute atomic E-state index is 0.0481. The van der Waals surface area contributed by atoms with Crippen LogP contribution in [0.5, 0.6) is 0 Å². The number of hydrogen-bond acceptors (Lipinski definition) is 3. The first-order valence-electron chi connectivity index (χ1n) is 8.38. The van der Waals surface area contributed by atoms with Crippen LogP contribution < -0.4 is 10.2 Å². The summed E-state index contributed by atoms with van der Waals surface area (Å²) >= 11 is 0. The minimum atomic E-state index is -0.0481. The third-order valence-electron chi connectivity index (χ3n) is 4.70. The Morgan fingerprint density at radius 3 is 2.41 bits per heavy atom. The lowest BCUT2D eigenvalue weighted by Gasteiger charge is -2.39. The van der Waals surface area contributed by atoms with Crippen LogP contribution >= 0.6 is 0 Å². The molecule has 4 nitrogen and oxygen atoms in total. The highest BCUT2D eigenvalue weighted by atomic mass is 16.2. The van der Waals surface area contributed by atoms with Gasteiger partial charge in [0.2, 0.25) is 5.91 Å². The Morgan fingerprint density at radius 2 is 1.82 bits per heavy atom. The first-order chi connectivity index (χ1) is 10.5. The molecule has 4 heteroatoms. The third-order valence-corrected chi connectivity index (χ3v) is 4.70. The topological polar surface area (TPSA) is 35.6 Å².